The van der Waals surface area contributed by atoms with Crippen molar-refractivity contribution in [2.45, 2.75) is 0 Å². The van der Waals surface area contributed by atoms with Gasteiger partial charge in [-0.2, -0.15) is 0 Å². The lowest BCUT2D eigenvalue weighted by Gasteiger charge is -2.38. The molecule has 1 saturated heterocycles. The number of nitrogen functional groups attached to an aromatic ring is 1. The van der Waals surface area contributed by atoms with Crippen molar-refractivity contribution in [2.24, 2.45) is 0 Å². The molecule has 0 saturated carbocycles. The molecule has 1 fully saturated rings. The number of nitrogens with zero attached hydrogens (tertiary/aromatic N) is 2. The van der Waals surface area contributed by atoms with Crippen molar-refractivity contribution in [3.8, 4) is 0 Å². The van der Waals surface area contributed by atoms with Gasteiger partial charge in [0.15, 0.2) is 0 Å². The summed E-state index contributed by atoms with van der Waals surface area (Å²) < 4.78 is 0. The summed E-state index contributed by atoms with van der Waals surface area (Å²) >= 11 is 6.25. The smallest absolute Gasteiger partial charge is 0.335 e. The summed E-state index contributed by atoms with van der Waals surface area (Å²) in [4.78, 5) is 15.4. The minimum Gasteiger partial charge on any atom is -0.478 e. The van der Waals surface area contributed by atoms with E-state index in [2.05, 4.69) is 9.80 Å². The summed E-state index contributed by atoms with van der Waals surface area (Å²) in [5, 5.41) is 9.76. The number of hydrogen-bond acceptors (Lipinski definition) is 4. The molecule has 5 nitrogen and oxygen atoms in total. The van der Waals surface area contributed by atoms with E-state index in [-0.39, 0.29) is 5.56 Å². The molecule has 2 aromatic rings. The fraction of sp³-hybridized carbons (Fsp3) is 0.235. The van der Waals surface area contributed by atoms with Gasteiger partial charge >= 0.3 is 5.97 Å². The topological polar surface area (TPSA) is 69.8 Å². The molecule has 0 spiro atoms. The van der Waals surface area contributed by atoms with Crippen molar-refractivity contribution in [2.75, 3.05) is 41.7 Å². The van der Waals surface area contributed by atoms with Crippen molar-refractivity contribution >= 4 is 34.6 Å². The number of benzene rings is 2. The molecule has 3 rings (SSSR count). The van der Waals surface area contributed by atoms with Crippen LogP contribution in [0.3, 0.4) is 0 Å². The van der Waals surface area contributed by atoms with Gasteiger partial charge in [-0.05, 0) is 30.3 Å². The lowest BCUT2D eigenvalue weighted by atomic mass is 10.1. The number of halogens is 1. The molecule has 23 heavy (non-hydrogen) atoms. The minimum atomic E-state index is -0.966. The number of hydrogen-bond donors (Lipinski definition) is 2. The van der Waals surface area contributed by atoms with Crippen LogP contribution in [0.4, 0.5) is 17.1 Å². The van der Waals surface area contributed by atoms with Crippen LogP contribution in [-0.2, 0) is 0 Å². The van der Waals surface area contributed by atoms with Gasteiger partial charge in [-0.3, -0.25) is 0 Å². The second-order valence-electron chi connectivity index (χ2n) is 5.50. The number of carboxylic acids is 1. The molecule has 0 atom stereocenters. The van der Waals surface area contributed by atoms with Gasteiger partial charge in [0.2, 0.25) is 0 Å². The molecule has 1 heterocycles. The van der Waals surface area contributed by atoms with Gasteiger partial charge in [-0.1, -0.05) is 23.7 Å². The first kappa shape index (κ1) is 15.5. The van der Waals surface area contributed by atoms with E-state index < -0.39 is 5.97 Å². The highest BCUT2D eigenvalue weighted by atomic mass is 35.5. The van der Waals surface area contributed by atoms with E-state index in [0.717, 1.165) is 42.6 Å². The Morgan fingerprint density at radius 2 is 1.61 bits per heavy atom. The van der Waals surface area contributed by atoms with Gasteiger partial charge < -0.3 is 20.6 Å². The maximum atomic E-state index is 11.0. The van der Waals surface area contributed by atoms with Gasteiger partial charge in [0.05, 0.1) is 27.6 Å². The van der Waals surface area contributed by atoms with Crippen LogP contribution >= 0.6 is 11.6 Å². The molecular formula is C17H18ClN3O2. The summed E-state index contributed by atoms with van der Waals surface area (Å²) in [5.74, 6) is -0.966. The number of carbonyl (C=O) groups is 1. The van der Waals surface area contributed by atoms with Crippen molar-refractivity contribution in [1.82, 2.24) is 0 Å². The molecule has 1 aliphatic rings. The number of rotatable bonds is 3. The monoisotopic (exact) mass is 331 g/mol. The van der Waals surface area contributed by atoms with E-state index in [1.54, 1.807) is 12.1 Å². The first-order valence-corrected chi connectivity index (χ1v) is 7.81. The van der Waals surface area contributed by atoms with E-state index >= 15 is 0 Å². The number of para-hydroxylation sites is 1. The molecule has 2 aromatic carbocycles. The maximum absolute atomic E-state index is 11.0. The van der Waals surface area contributed by atoms with E-state index in [4.69, 9.17) is 22.4 Å². The predicted molar refractivity (Wildman–Crippen MR) is 93.7 cm³/mol. The zero-order valence-electron chi connectivity index (χ0n) is 12.6. The zero-order valence-corrected chi connectivity index (χ0v) is 13.3. The van der Waals surface area contributed by atoms with Crippen LogP contribution in [0.25, 0.3) is 0 Å². The third kappa shape index (κ3) is 3.19. The Morgan fingerprint density at radius 1 is 1.00 bits per heavy atom. The molecule has 0 unspecified atom stereocenters. The van der Waals surface area contributed by atoms with Gasteiger partial charge in [0.25, 0.3) is 0 Å². The number of piperazine rings is 1. The number of nitrogens with two attached hydrogens (primary N) is 1. The van der Waals surface area contributed by atoms with Crippen molar-refractivity contribution in [3.63, 3.8) is 0 Å². The normalized spacial score (nSPS) is 14.8. The Hall–Kier alpha value is -2.40. The lowest BCUT2D eigenvalue weighted by molar-refractivity contribution is 0.0697. The van der Waals surface area contributed by atoms with Gasteiger partial charge in [0, 0.05) is 26.2 Å². The predicted octanol–water partition coefficient (Wildman–Crippen LogP) is 2.95. The Morgan fingerprint density at radius 3 is 2.17 bits per heavy atom. The molecule has 1 aliphatic heterocycles. The molecule has 0 aliphatic carbocycles. The molecule has 120 valence electrons. The van der Waals surface area contributed by atoms with Gasteiger partial charge in [0.1, 0.15) is 0 Å². The number of anilines is 3. The Kier molecular flexibility index (Phi) is 4.30. The highest BCUT2D eigenvalue weighted by Gasteiger charge is 2.20. The van der Waals surface area contributed by atoms with E-state index in [9.17, 15) is 4.79 Å². The molecule has 6 heteroatoms. The third-order valence-electron chi connectivity index (χ3n) is 4.09. The summed E-state index contributed by atoms with van der Waals surface area (Å²) in [7, 11) is 0. The molecule has 0 radical (unpaired) electrons. The van der Waals surface area contributed by atoms with Crippen LogP contribution in [0.1, 0.15) is 10.4 Å². The summed E-state index contributed by atoms with van der Waals surface area (Å²) in [5.41, 5.74) is 8.65. The summed E-state index contributed by atoms with van der Waals surface area (Å²) in [6, 6.07) is 12.7. The van der Waals surface area contributed by atoms with E-state index in [1.807, 2.05) is 24.3 Å². The second-order valence-corrected chi connectivity index (χ2v) is 5.91. The van der Waals surface area contributed by atoms with E-state index in [0.29, 0.717) is 5.69 Å². The fourth-order valence-electron chi connectivity index (χ4n) is 2.87. The Balaban J connectivity index is 1.72. The average molecular weight is 332 g/mol. The van der Waals surface area contributed by atoms with Crippen LogP contribution in [0.5, 0.6) is 0 Å². The highest BCUT2D eigenvalue weighted by Crippen LogP contribution is 2.29. The minimum absolute atomic E-state index is 0.209. The zero-order chi connectivity index (χ0) is 16.4. The van der Waals surface area contributed by atoms with Crippen LogP contribution in [0, 0.1) is 0 Å². The third-order valence-corrected chi connectivity index (χ3v) is 4.41. The van der Waals surface area contributed by atoms with Crippen molar-refractivity contribution in [3.05, 3.63) is 53.1 Å². The van der Waals surface area contributed by atoms with Crippen molar-refractivity contribution in [1.29, 1.82) is 0 Å². The van der Waals surface area contributed by atoms with E-state index in [1.165, 1.54) is 6.07 Å². The van der Waals surface area contributed by atoms with Crippen LogP contribution in [-0.4, -0.2) is 37.3 Å². The quantitative estimate of drug-likeness (QED) is 0.846. The lowest BCUT2D eigenvalue weighted by Crippen LogP contribution is -2.46. The van der Waals surface area contributed by atoms with Gasteiger partial charge in [-0.15, -0.1) is 0 Å². The Labute approximate surface area is 139 Å². The molecular weight excluding hydrogens is 314 g/mol. The fourth-order valence-corrected chi connectivity index (χ4v) is 3.13. The first-order valence-electron chi connectivity index (χ1n) is 7.43. The average Bonchev–Trinajstić information content (AvgIpc) is 2.55. The second kappa shape index (κ2) is 6.38. The highest BCUT2D eigenvalue weighted by molar-refractivity contribution is 6.33. The summed E-state index contributed by atoms with van der Waals surface area (Å²) in [6.45, 7) is 3.29. The number of aromatic carboxylic acids is 1. The maximum Gasteiger partial charge on any atom is 0.335 e. The molecule has 3 N–H and O–H groups in total. The molecule has 0 amide bonds. The summed E-state index contributed by atoms with van der Waals surface area (Å²) in [6.07, 6.45) is 0. The van der Waals surface area contributed by atoms with Gasteiger partial charge in [-0.25, -0.2) is 4.79 Å². The van der Waals surface area contributed by atoms with Crippen LogP contribution in [0.15, 0.2) is 42.5 Å². The molecule has 0 aromatic heterocycles. The Bertz CT molecular complexity index is 728. The largest absolute Gasteiger partial charge is 0.478 e. The number of carboxylic acid groups (broad SMARTS) is 1. The van der Waals surface area contributed by atoms with Crippen LogP contribution in [0.2, 0.25) is 5.02 Å². The SMILES string of the molecule is Nc1cc(C(=O)O)ccc1N1CCN(c2ccccc2Cl)CC1. The van der Waals surface area contributed by atoms with Crippen LogP contribution < -0.4 is 15.5 Å². The van der Waals surface area contributed by atoms with Crippen molar-refractivity contribution < 1.29 is 9.90 Å². The standard InChI is InChI=1S/C17H18ClN3O2/c18-13-3-1-2-4-15(13)20-7-9-21(10-8-20)16-6-5-12(17(22)23)11-14(16)19/h1-6,11H,7-10,19H2,(H,22,23). The molecule has 0 bridgehead atoms. The first-order chi connectivity index (χ1) is 11.1.